The minimum atomic E-state index is 0.308. The Morgan fingerprint density at radius 3 is 2.75 bits per heavy atom. The monoisotopic (exact) mass is 325 g/mol. The third-order valence-corrected chi connectivity index (χ3v) is 6.01. The lowest BCUT2D eigenvalue weighted by Gasteiger charge is -2.34. The van der Waals surface area contributed by atoms with Crippen LogP contribution >= 0.6 is 0 Å². The van der Waals surface area contributed by atoms with E-state index in [1.165, 1.54) is 43.4 Å². The molecule has 4 heteroatoms. The molecule has 0 radical (unpaired) electrons. The van der Waals surface area contributed by atoms with Crippen molar-refractivity contribution in [3.8, 4) is 17.1 Å². The topological polar surface area (TPSA) is 39.9 Å². The summed E-state index contributed by atoms with van der Waals surface area (Å²) in [6.07, 6.45) is 11.8. The number of hydrogen-bond donors (Lipinski definition) is 0. The number of methoxy groups -OCH3 is 1. The smallest absolute Gasteiger partial charge is 0.213 e. The number of pyridine rings is 1. The van der Waals surface area contributed by atoms with Crippen molar-refractivity contribution in [1.29, 1.82) is 0 Å². The standard InChI is InChI=1S/C20H27N3O/c1-20(2)10-8-14(9-11-20)4-6-16-19-15(5-7-18(22-19)24-3)17-12-21-13-23(16)17/h5,7,12-14,16H,4,6,8-11H2,1-3H3. The van der Waals surface area contributed by atoms with Crippen LogP contribution in [-0.2, 0) is 0 Å². The summed E-state index contributed by atoms with van der Waals surface area (Å²) >= 11 is 0. The molecule has 0 spiro atoms. The van der Waals surface area contributed by atoms with Crippen LogP contribution in [0.5, 0.6) is 5.88 Å². The zero-order valence-electron chi connectivity index (χ0n) is 15.0. The highest BCUT2D eigenvalue weighted by Crippen LogP contribution is 2.44. The molecule has 1 saturated carbocycles. The first kappa shape index (κ1) is 15.7. The van der Waals surface area contributed by atoms with Gasteiger partial charge in [-0.2, -0.15) is 0 Å². The highest BCUT2D eigenvalue weighted by atomic mass is 16.5. The molecule has 0 N–H and O–H groups in total. The second kappa shape index (κ2) is 5.91. The number of fused-ring (bicyclic) bond motifs is 3. The van der Waals surface area contributed by atoms with Gasteiger partial charge in [-0.25, -0.2) is 9.97 Å². The molecule has 2 aromatic heterocycles. The molecule has 1 aliphatic heterocycles. The maximum absolute atomic E-state index is 5.34. The molecule has 0 aromatic carbocycles. The number of aromatic nitrogens is 3. The molecule has 24 heavy (non-hydrogen) atoms. The summed E-state index contributed by atoms with van der Waals surface area (Å²) in [6, 6.07) is 4.38. The van der Waals surface area contributed by atoms with E-state index < -0.39 is 0 Å². The molecule has 2 aromatic rings. The molecular formula is C20H27N3O. The third-order valence-electron chi connectivity index (χ3n) is 6.01. The van der Waals surface area contributed by atoms with E-state index in [2.05, 4.69) is 29.5 Å². The van der Waals surface area contributed by atoms with E-state index >= 15 is 0 Å². The van der Waals surface area contributed by atoms with Crippen LogP contribution in [0.1, 0.15) is 64.1 Å². The van der Waals surface area contributed by atoms with Gasteiger partial charge in [-0.1, -0.05) is 13.8 Å². The van der Waals surface area contributed by atoms with Crippen LogP contribution in [0.15, 0.2) is 24.7 Å². The molecule has 0 amide bonds. The highest BCUT2D eigenvalue weighted by molar-refractivity contribution is 5.67. The van der Waals surface area contributed by atoms with Gasteiger partial charge in [0.2, 0.25) is 5.88 Å². The third kappa shape index (κ3) is 2.72. The van der Waals surface area contributed by atoms with E-state index in [0.717, 1.165) is 18.0 Å². The molecule has 4 nitrogen and oxygen atoms in total. The van der Waals surface area contributed by atoms with Gasteiger partial charge in [0.1, 0.15) is 0 Å². The Morgan fingerprint density at radius 2 is 2.00 bits per heavy atom. The summed E-state index contributed by atoms with van der Waals surface area (Å²) in [5.41, 5.74) is 4.10. The molecule has 3 heterocycles. The fraction of sp³-hybridized carbons (Fsp3) is 0.600. The van der Waals surface area contributed by atoms with Gasteiger partial charge in [0.05, 0.1) is 37.1 Å². The minimum absolute atomic E-state index is 0.308. The maximum atomic E-state index is 5.34. The molecule has 0 saturated heterocycles. The van der Waals surface area contributed by atoms with Crippen LogP contribution in [0.2, 0.25) is 0 Å². The van der Waals surface area contributed by atoms with E-state index in [1.807, 2.05) is 18.6 Å². The Bertz CT molecular complexity index is 724. The number of ether oxygens (including phenoxy) is 1. The SMILES string of the molecule is COc1ccc2c(n1)C(CCC1CCC(C)(C)CC1)n1cncc1-2. The fourth-order valence-electron chi connectivity index (χ4n) is 4.35. The van der Waals surface area contributed by atoms with Crippen molar-refractivity contribution in [1.82, 2.24) is 14.5 Å². The average Bonchev–Trinajstić information content (AvgIpc) is 3.15. The second-order valence-corrected chi connectivity index (χ2v) is 8.17. The Labute approximate surface area is 144 Å². The molecule has 1 unspecified atom stereocenters. The summed E-state index contributed by atoms with van der Waals surface area (Å²) in [4.78, 5) is 9.11. The largest absolute Gasteiger partial charge is 0.481 e. The Balaban J connectivity index is 1.52. The van der Waals surface area contributed by atoms with Gasteiger partial charge in [-0.05, 0) is 55.9 Å². The highest BCUT2D eigenvalue weighted by Gasteiger charge is 2.32. The van der Waals surface area contributed by atoms with Crippen LogP contribution < -0.4 is 4.74 Å². The molecular weight excluding hydrogens is 298 g/mol. The number of hydrogen-bond acceptors (Lipinski definition) is 3. The van der Waals surface area contributed by atoms with Crippen LogP contribution in [0.4, 0.5) is 0 Å². The van der Waals surface area contributed by atoms with Crippen molar-refractivity contribution in [2.24, 2.45) is 11.3 Å². The lowest BCUT2D eigenvalue weighted by atomic mass is 9.72. The number of nitrogens with zero attached hydrogens (tertiary/aromatic N) is 3. The van der Waals surface area contributed by atoms with E-state index in [-0.39, 0.29) is 0 Å². The van der Waals surface area contributed by atoms with E-state index in [9.17, 15) is 0 Å². The summed E-state index contributed by atoms with van der Waals surface area (Å²) in [7, 11) is 1.68. The molecule has 4 rings (SSSR count). The first-order chi connectivity index (χ1) is 11.6. The van der Waals surface area contributed by atoms with Crippen molar-refractivity contribution in [2.45, 2.75) is 58.4 Å². The zero-order chi connectivity index (χ0) is 16.7. The quantitative estimate of drug-likeness (QED) is 0.806. The Hall–Kier alpha value is -1.84. The maximum Gasteiger partial charge on any atom is 0.213 e. The minimum Gasteiger partial charge on any atom is -0.481 e. The van der Waals surface area contributed by atoms with Gasteiger partial charge < -0.3 is 9.30 Å². The summed E-state index contributed by atoms with van der Waals surface area (Å²) in [6.45, 7) is 4.81. The van der Waals surface area contributed by atoms with Crippen molar-refractivity contribution in [3.63, 3.8) is 0 Å². The van der Waals surface area contributed by atoms with E-state index in [4.69, 9.17) is 9.72 Å². The summed E-state index contributed by atoms with van der Waals surface area (Å²) in [5, 5.41) is 0. The van der Waals surface area contributed by atoms with E-state index in [0.29, 0.717) is 17.3 Å². The molecule has 2 aliphatic rings. The van der Waals surface area contributed by atoms with Crippen molar-refractivity contribution < 1.29 is 4.74 Å². The lowest BCUT2D eigenvalue weighted by molar-refractivity contribution is 0.180. The van der Waals surface area contributed by atoms with Gasteiger partial charge in [0, 0.05) is 11.6 Å². The fourth-order valence-corrected chi connectivity index (χ4v) is 4.35. The predicted octanol–water partition coefficient (Wildman–Crippen LogP) is 4.85. The molecule has 1 aliphatic carbocycles. The molecule has 128 valence electrons. The van der Waals surface area contributed by atoms with Gasteiger partial charge in [0.25, 0.3) is 0 Å². The number of rotatable bonds is 4. The normalized spacial score (nSPS) is 22.2. The first-order valence-corrected chi connectivity index (χ1v) is 9.14. The van der Waals surface area contributed by atoms with Crippen molar-refractivity contribution in [2.75, 3.05) is 7.11 Å². The van der Waals surface area contributed by atoms with Crippen molar-refractivity contribution in [3.05, 3.63) is 30.4 Å². The molecule has 1 fully saturated rings. The van der Waals surface area contributed by atoms with Gasteiger partial charge in [0.15, 0.2) is 0 Å². The van der Waals surface area contributed by atoms with Crippen molar-refractivity contribution >= 4 is 0 Å². The zero-order valence-corrected chi connectivity index (χ0v) is 15.0. The molecule has 1 atom stereocenters. The van der Waals surface area contributed by atoms with Gasteiger partial charge in [-0.15, -0.1) is 0 Å². The first-order valence-electron chi connectivity index (χ1n) is 9.14. The van der Waals surface area contributed by atoms with Gasteiger partial charge >= 0.3 is 0 Å². The second-order valence-electron chi connectivity index (χ2n) is 8.17. The Kier molecular flexibility index (Phi) is 3.86. The van der Waals surface area contributed by atoms with Crippen LogP contribution in [0.3, 0.4) is 0 Å². The molecule has 0 bridgehead atoms. The summed E-state index contributed by atoms with van der Waals surface area (Å²) in [5.74, 6) is 1.57. The van der Waals surface area contributed by atoms with E-state index in [1.54, 1.807) is 7.11 Å². The van der Waals surface area contributed by atoms with Gasteiger partial charge in [-0.3, -0.25) is 0 Å². The van der Waals surface area contributed by atoms with Crippen LogP contribution in [-0.4, -0.2) is 21.6 Å². The number of imidazole rings is 1. The van der Waals surface area contributed by atoms with Crippen LogP contribution in [0.25, 0.3) is 11.3 Å². The average molecular weight is 325 g/mol. The lowest BCUT2D eigenvalue weighted by Crippen LogP contribution is -2.21. The van der Waals surface area contributed by atoms with Crippen LogP contribution in [0, 0.1) is 11.3 Å². The predicted molar refractivity (Wildman–Crippen MR) is 95.1 cm³/mol. The summed E-state index contributed by atoms with van der Waals surface area (Å²) < 4.78 is 7.64. The Morgan fingerprint density at radius 1 is 1.21 bits per heavy atom.